The number of H-pyrrole nitrogens is 1. The first-order chi connectivity index (χ1) is 9.13. The van der Waals surface area contributed by atoms with E-state index >= 15 is 0 Å². The molecule has 2 heterocycles. The third-order valence-electron chi connectivity index (χ3n) is 2.35. The number of anilines is 3. The second-order valence-electron chi connectivity index (χ2n) is 3.98. The number of aryl methyl sites for hydroxylation is 1. The number of aliphatic carboxylic acids is 1. The molecule has 0 amide bonds. The number of carboxylic acid groups (broad SMARTS) is 1. The van der Waals surface area contributed by atoms with Crippen LogP contribution in [-0.4, -0.2) is 32.6 Å². The first kappa shape index (κ1) is 12.9. The lowest BCUT2D eigenvalue weighted by Gasteiger charge is -2.08. The molecule has 100 valence electrons. The Balaban J connectivity index is 2.04. The summed E-state index contributed by atoms with van der Waals surface area (Å²) in [6, 6.07) is 3.62. The molecule has 0 spiro atoms. The van der Waals surface area contributed by atoms with Crippen molar-refractivity contribution >= 4 is 23.3 Å². The van der Waals surface area contributed by atoms with Crippen molar-refractivity contribution in [2.75, 3.05) is 17.2 Å². The van der Waals surface area contributed by atoms with E-state index in [2.05, 4.69) is 25.6 Å². The molecule has 0 bridgehead atoms. The highest BCUT2D eigenvalue weighted by molar-refractivity contribution is 5.67. The lowest BCUT2D eigenvalue weighted by Crippen LogP contribution is -2.10. The van der Waals surface area contributed by atoms with E-state index in [1.165, 1.54) is 0 Å². The van der Waals surface area contributed by atoms with Gasteiger partial charge in [0.05, 0.1) is 12.1 Å². The Bertz CT molecular complexity index is 553. The van der Waals surface area contributed by atoms with Crippen molar-refractivity contribution in [3.05, 3.63) is 30.4 Å². The molecule has 4 N–H and O–H groups in total. The van der Waals surface area contributed by atoms with Gasteiger partial charge in [0.25, 0.3) is 0 Å². The first-order valence-corrected chi connectivity index (χ1v) is 5.84. The number of hydrogen-bond acceptors (Lipinski definition) is 5. The predicted molar refractivity (Wildman–Crippen MR) is 71.6 cm³/mol. The number of rotatable bonds is 6. The number of aromatic nitrogens is 3. The highest BCUT2D eigenvalue weighted by Gasteiger charge is 2.03. The minimum atomic E-state index is -0.844. The molecule has 0 saturated carbocycles. The minimum absolute atomic E-state index is 0.0453. The molecule has 7 heteroatoms. The number of carboxylic acids is 1. The molecule has 0 fully saturated rings. The molecule has 0 radical (unpaired) electrons. The standard InChI is InChI=1S/C12H15N5O2/c1-8-15-10(14-5-3-12(18)19)6-11(16-8)17-9-2-4-13-7-9/h2,4,6-7,13H,3,5H2,1H3,(H,18,19)(H2,14,15,16,17). The summed E-state index contributed by atoms with van der Waals surface area (Å²) in [5.74, 6) is 1.03. The number of carbonyl (C=O) groups is 1. The molecule has 0 aliphatic carbocycles. The van der Waals surface area contributed by atoms with Crippen LogP contribution in [0.4, 0.5) is 17.3 Å². The second kappa shape index (κ2) is 5.85. The van der Waals surface area contributed by atoms with Crippen LogP contribution in [0, 0.1) is 6.92 Å². The quantitative estimate of drug-likeness (QED) is 0.631. The topological polar surface area (TPSA) is 103 Å². The van der Waals surface area contributed by atoms with Crippen LogP contribution in [-0.2, 0) is 4.79 Å². The van der Waals surface area contributed by atoms with Gasteiger partial charge >= 0.3 is 5.97 Å². The molecule has 0 aliphatic heterocycles. The van der Waals surface area contributed by atoms with Gasteiger partial charge in [-0.3, -0.25) is 4.79 Å². The summed E-state index contributed by atoms with van der Waals surface area (Å²) in [4.78, 5) is 21.8. The van der Waals surface area contributed by atoms with Crippen molar-refractivity contribution in [1.82, 2.24) is 15.0 Å². The van der Waals surface area contributed by atoms with Gasteiger partial charge in [-0.2, -0.15) is 0 Å². The zero-order chi connectivity index (χ0) is 13.7. The highest BCUT2D eigenvalue weighted by atomic mass is 16.4. The van der Waals surface area contributed by atoms with Crippen LogP contribution >= 0.6 is 0 Å². The summed E-state index contributed by atoms with van der Waals surface area (Å²) in [5.41, 5.74) is 0.898. The molecule has 0 aromatic carbocycles. The summed E-state index contributed by atoms with van der Waals surface area (Å²) < 4.78 is 0. The van der Waals surface area contributed by atoms with Crippen molar-refractivity contribution in [1.29, 1.82) is 0 Å². The average molecular weight is 261 g/mol. The molecule has 0 aliphatic rings. The van der Waals surface area contributed by atoms with Crippen LogP contribution in [0.2, 0.25) is 0 Å². The van der Waals surface area contributed by atoms with Crippen LogP contribution in [0.5, 0.6) is 0 Å². The van der Waals surface area contributed by atoms with Crippen molar-refractivity contribution in [2.24, 2.45) is 0 Å². The van der Waals surface area contributed by atoms with Crippen LogP contribution in [0.15, 0.2) is 24.5 Å². The minimum Gasteiger partial charge on any atom is -0.481 e. The Morgan fingerprint density at radius 2 is 2.21 bits per heavy atom. The summed E-state index contributed by atoms with van der Waals surface area (Å²) in [6.45, 7) is 2.11. The third kappa shape index (κ3) is 3.98. The SMILES string of the molecule is Cc1nc(NCCC(=O)O)cc(Nc2cc[nH]c2)n1. The molecule has 19 heavy (non-hydrogen) atoms. The van der Waals surface area contributed by atoms with E-state index in [9.17, 15) is 4.79 Å². The molecule has 2 aromatic rings. The lowest BCUT2D eigenvalue weighted by atomic mass is 10.4. The molecule has 0 unspecified atom stereocenters. The van der Waals surface area contributed by atoms with Gasteiger partial charge in [-0.25, -0.2) is 9.97 Å². The van der Waals surface area contributed by atoms with Crippen LogP contribution < -0.4 is 10.6 Å². The monoisotopic (exact) mass is 261 g/mol. The Hall–Kier alpha value is -2.57. The Kier molecular flexibility index (Phi) is 3.97. The average Bonchev–Trinajstić information content (AvgIpc) is 2.80. The Labute approximate surface area is 110 Å². The Morgan fingerprint density at radius 3 is 2.89 bits per heavy atom. The summed E-state index contributed by atoms with van der Waals surface area (Å²) in [5, 5.41) is 14.7. The van der Waals surface area contributed by atoms with Gasteiger partial charge in [-0.1, -0.05) is 0 Å². The van der Waals surface area contributed by atoms with Crippen LogP contribution in [0.1, 0.15) is 12.2 Å². The highest BCUT2D eigenvalue weighted by Crippen LogP contribution is 2.16. The van der Waals surface area contributed by atoms with E-state index in [0.29, 0.717) is 24.0 Å². The van der Waals surface area contributed by atoms with Crippen molar-refractivity contribution < 1.29 is 9.90 Å². The normalized spacial score (nSPS) is 10.2. The maximum absolute atomic E-state index is 10.4. The zero-order valence-electron chi connectivity index (χ0n) is 10.5. The zero-order valence-corrected chi connectivity index (χ0v) is 10.5. The number of hydrogen-bond donors (Lipinski definition) is 4. The third-order valence-corrected chi connectivity index (χ3v) is 2.35. The van der Waals surface area contributed by atoms with Crippen LogP contribution in [0.25, 0.3) is 0 Å². The maximum atomic E-state index is 10.4. The maximum Gasteiger partial charge on any atom is 0.305 e. The molecule has 7 nitrogen and oxygen atoms in total. The summed E-state index contributed by atoms with van der Waals surface area (Å²) in [6.07, 6.45) is 3.67. The Morgan fingerprint density at radius 1 is 1.42 bits per heavy atom. The fourth-order valence-corrected chi connectivity index (χ4v) is 1.57. The van der Waals surface area contributed by atoms with E-state index in [1.54, 1.807) is 13.0 Å². The van der Waals surface area contributed by atoms with Crippen molar-refractivity contribution in [3.63, 3.8) is 0 Å². The molecular formula is C12H15N5O2. The largest absolute Gasteiger partial charge is 0.481 e. The van der Waals surface area contributed by atoms with E-state index in [0.717, 1.165) is 5.69 Å². The number of nitrogens with one attached hydrogen (secondary N) is 3. The van der Waals surface area contributed by atoms with Gasteiger partial charge in [-0.15, -0.1) is 0 Å². The second-order valence-corrected chi connectivity index (χ2v) is 3.98. The van der Waals surface area contributed by atoms with Gasteiger partial charge in [0, 0.05) is 25.0 Å². The van der Waals surface area contributed by atoms with Gasteiger partial charge < -0.3 is 20.7 Å². The molecule has 2 rings (SSSR count). The lowest BCUT2D eigenvalue weighted by molar-refractivity contribution is -0.136. The van der Waals surface area contributed by atoms with Crippen molar-refractivity contribution in [3.8, 4) is 0 Å². The first-order valence-electron chi connectivity index (χ1n) is 5.84. The van der Waals surface area contributed by atoms with Gasteiger partial charge in [0.15, 0.2) is 0 Å². The van der Waals surface area contributed by atoms with E-state index in [-0.39, 0.29) is 6.42 Å². The van der Waals surface area contributed by atoms with Crippen molar-refractivity contribution in [2.45, 2.75) is 13.3 Å². The fraction of sp³-hybridized carbons (Fsp3) is 0.250. The molecular weight excluding hydrogens is 246 g/mol. The van der Waals surface area contributed by atoms with Crippen LogP contribution in [0.3, 0.4) is 0 Å². The molecule has 2 aromatic heterocycles. The number of aromatic amines is 1. The molecule has 0 saturated heterocycles. The van der Waals surface area contributed by atoms with Gasteiger partial charge in [-0.05, 0) is 13.0 Å². The van der Waals surface area contributed by atoms with Gasteiger partial charge in [0.1, 0.15) is 17.5 Å². The number of nitrogens with zero attached hydrogens (tertiary/aromatic N) is 2. The predicted octanol–water partition coefficient (Wildman–Crippen LogP) is 1.74. The van der Waals surface area contributed by atoms with Gasteiger partial charge in [0.2, 0.25) is 0 Å². The smallest absolute Gasteiger partial charge is 0.305 e. The van der Waals surface area contributed by atoms with E-state index < -0.39 is 5.97 Å². The molecule has 0 atom stereocenters. The van der Waals surface area contributed by atoms with E-state index in [4.69, 9.17) is 5.11 Å². The fourth-order valence-electron chi connectivity index (χ4n) is 1.57. The van der Waals surface area contributed by atoms with E-state index in [1.807, 2.05) is 18.5 Å². The summed E-state index contributed by atoms with van der Waals surface area (Å²) in [7, 11) is 0. The summed E-state index contributed by atoms with van der Waals surface area (Å²) >= 11 is 0.